The van der Waals surface area contributed by atoms with Gasteiger partial charge < -0.3 is 15.1 Å². The normalized spacial score (nSPS) is 17.2. The molecule has 0 radical (unpaired) electrons. The molecule has 112 valence electrons. The molecule has 0 aromatic carbocycles. The highest BCUT2D eigenvalue weighted by Gasteiger charge is 2.20. The minimum Gasteiger partial charge on any atom is -0.358 e. The highest BCUT2D eigenvalue weighted by atomic mass is 79.9. The molecule has 0 aliphatic carbocycles. The van der Waals surface area contributed by atoms with Gasteiger partial charge in [-0.15, -0.1) is 0 Å². The van der Waals surface area contributed by atoms with Crippen molar-refractivity contribution in [1.82, 2.24) is 14.9 Å². The van der Waals surface area contributed by atoms with Gasteiger partial charge in [-0.2, -0.15) is 4.98 Å². The van der Waals surface area contributed by atoms with E-state index in [9.17, 15) is 0 Å². The first-order valence-corrected chi connectivity index (χ1v) is 8.05. The number of aromatic nitrogens is 2. The summed E-state index contributed by atoms with van der Waals surface area (Å²) in [5, 5.41) is 3.16. The van der Waals surface area contributed by atoms with Gasteiger partial charge in [0.1, 0.15) is 5.82 Å². The van der Waals surface area contributed by atoms with Crippen LogP contribution in [0.5, 0.6) is 0 Å². The first-order chi connectivity index (χ1) is 9.60. The largest absolute Gasteiger partial charge is 0.358 e. The van der Waals surface area contributed by atoms with Crippen molar-refractivity contribution >= 4 is 27.7 Å². The number of anilines is 2. The lowest BCUT2D eigenvalue weighted by molar-refractivity contribution is 0.222. The summed E-state index contributed by atoms with van der Waals surface area (Å²) in [4.78, 5) is 13.5. The van der Waals surface area contributed by atoms with Crippen molar-refractivity contribution in [2.75, 3.05) is 50.5 Å². The minimum atomic E-state index is 0.695. The van der Waals surface area contributed by atoms with Crippen LogP contribution in [0.4, 0.5) is 11.8 Å². The summed E-state index contributed by atoms with van der Waals surface area (Å²) in [6.45, 7) is 6.33. The van der Waals surface area contributed by atoms with Crippen LogP contribution >= 0.6 is 15.9 Å². The number of halogens is 1. The van der Waals surface area contributed by atoms with Gasteiger partial charge in [-0.3, -0.25) is 0 Å². The Hall–Kier alpha value is -0.880. The van der Waals surface area contributed by atoms with Crippen LogP contribution in [0.1, 0.15) is 19.8 Å². The van der Waals surface area contributed by atoms with Gasteiger partial charge in [0.2, 0.25) is 5.95 Å². The molecule has 1 aromatic heterocycles. The average Bonchev–Trinajstić information content (AvgIpc) is 2.43. The molecule has 0 spiro atoms. The zero-order chi connectivity index (χ0) is 14.5. The minimum absolute atomic E-state index is 0.695. The lowest BCUT2D eigenvalue weighted by atomic mass is 9.97. The van der Waals surface area contributed by atoms with E-state index in [4.69, 9.17) is 0 Å². The van der Waals surface area contributed by atoms with Crippen molar-refractivity contribution in [1.29, 1.82) is 0 Å². The average molecular weight is 342 g/mol. The van der Waals surface area contributed by atoms with Crippen LogP contribution in [-0.4, -0.2) is 55.1 Å². The van der Waals surface area contributed by atoms with E-state index in [2.05, 4.69) is 55.1 Å². The van der Waals surface area contributed by atoms with Crippen LogP contribution in [0.25, 0.3) is 0 Å². The summed E-state index contributed by atoms with van der Waals surface area (Å²) >= 11 is 3.55. The van der Waals surface area contributed by atoms with E-state index in [0.717, 1.165) is 29.3 Å². The van der Waals surface area contributed by atoms with Crippen LogP contribution in [0.15, 0.2) is 10.7 Å². The van der Waals surface area contributed by atoms with Crippen LogP contribution in [0.3, 0.4) is 0 Å². The van der Waals surface area contributed by atoms with E-state index in [-0.39, 0.29) is 0 Å². The lowest BCUT2D eigenvalue weighted by Gasteiger charge is -2.32. The number of nitrogens with one attached hydrogen (secondary N) is 1. The summed E-state index contributed by atoms with van der Waals surface area (Å²) in [5.41, 5.74) is 0. The smallest absolute Gasteiger partial charge is 0.224 e. The molecule has 0 unspecified atom stereocenters. The second kappa shape index (κ2) is 7.22. The van der Waals surface area contributed by atoms with Gasteiger partial charge in [0, 0.05) is 26.3 Å². The Bertz CT molecular complexity index is 432. The van der Waals surface area contributed by atoms with Gasteiger partial charge in [0.25, 0.3) is 0 Å². The molecule has 1 N–H and O–H groups in total. The van der Waals surface area contributed by atoms with E-state index in [1.807, 2.05) is 13.1 Å². The lowest BCUT2D eigenvalue weighted by Crippen LogP contribution is -2.36. The molecule has 0 saturated carbocycles. The molecule has 1 aromatic rings. The molecule has 2 rings (SSSR count). The molecule has 1 aliphatic heterocycles. The van der Waals surface area contributed by atoms with Crippen molar-refractivity contribution in [3.05, 3.63) is 10.7 Å². The zero-order valence-electron chi connectivity index (χ0n) is 12.6. The standard InChI is InChI=1S/C14H24BrN5/c1-4-16-14-17-9-12(15)13(18-14)20(3)10-11-5-7-19(2)8-6-11/h9,11H,4-8,10H2,1-3H3,(H,16,17,18). The monoisotopic (exact) mass is 341 g/mol. The van der Waals surface area contributed by atoms with Gasteiger partial charge in [-0.25, -0.2) is 4.98 Å². The molecule has 5 nitrogen and oxygen atoms in total. The third-order valence-corrected chi connectivity index (χ3v) is 4.35. The van der Waals surface area contributed by atoms with Crippen molar-refractivity contribution in [2.24, 2.45) is 5.92 Å². The Kier molecular flexibility index (Phi) is 5.60. The Morgan fingerprint density at radius 1 is 1.45 bits per heavy atom. The maximum Gasteiger partial charge on any atom is 0.224 e. The molecule has 20 heavy (non-hydrogen) atoms. The van der Waals surface area contributed by atoms with Gasteiger partial charge >= 0.3 is 0 Å². The third-order valence-electron chi connectivity index (χ3n) is 3.79. The Morgan fingerprint density at radius 2 is 2.15 bits per heavy atom. The first kappa shape index (κ1) is 15.5. The number of likely N-dealkylation sites (tertiary alicyclic amines) is 1. The van der Waals surface area contributed by atoms with E-state index >= 15 is 0 Å². The summed E-state index contributed by atoms with van der Waals surface area (Å²) < 4.78 is 0.953. The molecule has 1 fully saturated rings. The van der Waals surface area contributed by atoms with E-state index < -0.39 is 0 Å². The van der Waals surface area contributed by atoms with Gasteiger partial charge in [-0.05, 0) is 61.8 Å². The van der Waals surface area contributed by atoms with Crippen LogP contribution in [0.2, 0.25) is 0 Å². The predicted octanol–water partition coefficient (Wildman–Crippen LogP) is 2.45. The van der Waals surface area contributed by atoms with Crippen molar-refractivity contribution in [3.63, 3.8) is 0 Å². The van der Waals surface area contributed by atoms with Gasteiger partial charge in [0.15, 0.2) is 0 Å². The summed E-state index contributed by atoms with van der Waals surface area (Å²) in [6.07, 6.45) is 4.36. The van der Waals surface area contributed by atoms with Gasteiger partial charge in [0.05, 0.1) is 4.47 Å². The molecule has 0 bridgehead atoms. The SMILES string of the molecule is CCNc1ncc(Br)c(N(C)CC2CCN(C)CC2)n1. The molecular weight excluding hydrogens is 318 g/mol. The van der Waals surface area contributed by atoms with Crippen LogP contribution in [-0.2, 0) is 0 Å². The summed E-state index contributed by atoms with van der Waals surface area (Å²) in [7, 11) is 4.31. The number of hydrogen-bond acceptors (Lipinski definition) is 5. The zero-order valence-corrected chi connectivity index (χ0v) is 14.2. The number of hydrogen-bond donors (Lipinski definition) is 1. The molecular formula is C14H24BrN5. The molecule has 6 heteroatoms. The fraction of sp³-hybridized carbons (Fsp3) is 0.714. The third kappa shape index (κ3) is 4.06. The fourth-order valence-corrected chi connectivity index (χ4v) is 3.08. The second-order valence-corrected chi connectivity index (χ2v) is 6.38. The van der Waals surface area contributed by atoms with Crippen LogP contribution in [0, 0.1) is 5.92 Å². The first-order valence-electron chi connectivity index (χ1n) is 7.26. The topological polar surface area (TPSA) is 44.3 Å². The number of nitrogens with zero attached hydrogens (tertiary/aromatic N) is 4. The Morgan fingerprint density at radius 3 is 2.80 bits per heavy atom. The van der Waals surface area contributed by atoms with Crippen LogP contribution < -0.4 is 10.2 Å². The van der Waals surface area contributed by atoms with Crippen molar-refractivity contribution < 1.29 is 0 Å². The Labute approximate surface area is 129 Å². The number of rotatable bonds is 5. The molecule has 1 aliphatic rings. The fourth-order valence-electron chi connectivity index (χ4n) is 2.59. The van der Waals surface area contributed by atoms with E-state index in [1.54, 1.807) is 0 Å². The predicted molar refractivity (Wildman–Crippen MR) is 87.4 cm³/mol. The second-order valence-electron chi connectivity index (χ2n) is 5.52. The number of piperidine rings is 1. The highest BCUT2D eigenvalue weighted by molar-refractivity contribution is 9.10. The van der Waals surface area contributed by atoms with E-state index in [1.165, 1.54) is 25.9 Å². The van der Waals surface area contributed by atoms with Crippen molar-refractivity contribution in [3.8, 4) is 0 Å². The molecule has 0 atom stereocenters. The molecule has 2 heterocycles. The molecule has 1 saturated heterocycles. The maximum absolute atomic E-state index is 4.59. The van der Waals surface area contributed by atoms with E-state index in [0.29, 0.717) is 5.95 Å². The Balaban J connectivity index is 2.00. The molecule has 0 amide bonds. The van der Waals surface area contributed by atoms with Gasteiger partial charge in [-0.1, -0.05) is 0 Å². The summed E-state index contributed by atoms with van der Waals surface area (Å²) in [6, 6.07) is 0. The summed E-state index contributed by atoms with van der Waals surface area (Å²) in [5.74, 6) is 2.41. The van der Waals surface area contributed by atoms with Crippen molar-refractivity contribution in [2.45, 2.75) is 19.8 Å². The maximum atomic E-state index is 4.59. The highest BCUT2D eigenvalue weighted by Crippen LogP contribution is 2.26. The quantitative estimate of drug-likeness (QED) is 0.891.